The Hall–Kier alpha value is -1.27. The van der Waals surface area contributed by atoms with Gasteiger partial charge in [0.05, 0.1) is 12.6 Å². The van der Waals surface area contributed by atoms with Crippen LogP contribution in [0, 0.1) is 0 Å². The van der Waals surface area contributed by atoms with Crippen molar-refractivity contribution in [3.05, 3.63) is 18.5 Å². The van der Waals surface area contributed by atoms with E-state index in [2.05, 4.69) is 33.7 Å². The fourth-order valence-corrected chi connectivity index (χ4v) is 4.17. The predicted octanol–water partition coefficient (Wildman–Crippen LogP) is -0.791. The summed E-state index contributed by atoms with van der Waals surface area (Å²) in [4.78, 5) is 3.31. The van der Waals surface area contributed by atoms with Crippen LogP contribution in [-0.4, -0.2) is 52.9 Å². The van der Waals surface area contributed by atoms with Crippen LogP contribution in [0.5, 0.6) is 0 Å². The minimum Gasteiger partial charge on any atom is -0.322 e. The van der Waals surface area contributed by atoms with Crippen molar-refractivity contribution in [1.82, 2.24) is 20.2 Å². The summed E-state index contributed by atoms with van der Waals surface area (Å²) in [6.07, 6.45) is 8.26. The number of hydrogen-bond donors (Lipinski definition) is 2. The molecule has 3 rings (SSSR count). The van der Waals surface area contributed by atoms with Crippen molar-refractivity contribution in [3.8, 4) is 0 Å². The lowest BCUT2D eigenvalue weighted by molar-refractivity contribution is -1.03. The molecule has 1 aliphatic carbocycles. The molecular formula is C16H30N6+2. The van der Waals surface area contributed by atoms with Crippen molar-refractivity contribution in [2.24, 2.45) is 0 Å². The minimum atomic E-state index is 0.445. The first kappa shape index (κ1) is 15.6. The van der Waals surface area contributed by atoms with Gasteiger partial charge in [-0.15, -0.1) is 5.10 Å². The SMILES string of the molecule is C=CC[NH+]1CC[NH+]([C@@H](CC)c2nnnn2C2CCCC2)CC1. The van der Waals surface area contributed by atoms with E-state index < -0.39 is 0 Å². The molecule has 1 aliphatic heterocycles. The van der Waals surface area contributed by atoms with Crippen molar-refractivity contribution in [3.63, 3.8) is 0 Å². The Bertz CT molecular complexity index is 471. The van der Waals surface area contributed by atoms with Crippen LogP contribution in [0.25, 0.3) is 0 Å². The van der Waals surface area contributed by atoms with Gasteiger partial charge < -0.3 is 9.80 Å². The third-order valence-corrected chi connectivity index (χ3v) is 5.43. The van der Waals surface area contributed by atoms with Gasteiger partial charge in [0.2, 0.25) is 5.82 Å². The summed E-state index contributed by atoms with van der Waals surface area (Å²) >= 11 is 0. The summed E-state index contributed by atoms with van der Waals surface area (Å²) in [7, 11) is 0. The second kappa shape index (κ2) is 7.33. The fraction of sp³-hybridized carbons (Fsp3) is 0.812. The molecule has 0 radical (unpaired) electrons. The van der Waals surface area contributed by atoms with Crippen LogP contribution in [0.15, 0.2) is 12.7 Å². The van der Waals surface area contributed by atoms with E-state index in [1.165, 1.54) is 51.9 Å². The Morgan fingerprint density at radius 3 is 2.64 bits per heavy atom. The van der Waals surface area contributed by atoms with Crippen molar-refractivity contribution >= 4 is 0 Å². The third-order valence-electron chi connectivity index (χ3n) is 5.43. The number of nitrogens with one attached hydrogen (secondary N) is 2. The smallest absolute Gasteiger partial charge is 0.209 e. The normalized spacial score (nSPS) is 27.9. The zero-order valence-electron chi connectivity index (χ0n) is 13.8. The Morgan fingerprint density at radius 2 is 2.00 bits per heavy atom. The van der Waals surface area contributed by atoms with Crippen LogP contribution < -0.4 is 9.80 Å². The molecule has 6 nitrogen and oxygen atoms in total. The molecule has 0 bridgehead atoms. The summed E-state index contributed by atoms with van der Waals surface area (Å²) < 4.78 is 2.15. The number of nitrogens with zero attached hydrogens (tertiary/aromatic N) is 4. The molecule has 2 aliphatic rings. The molecule has 2 N–H and O–H groups in total. The molecule has 2 fully saturated rings. The summed E-state index contributed by atoms with van der Waals surface area (Å²) in [6, 6.07) is 0.979. The summed E-state index contributed by atoms with van der Waals surface area (Å²) in [5, 5.41) is 12.8. The largest absolute Gasteiger partial charge is 0.322 e. The van der Waals surface area contributed by atoms with Gasteiger partial charge in [-0.3, -0.25) is 0 Å². The molecule has 1 saturated carbocycles. The second-order valence-electron chi connectivity index (χ2n) is 6.78. The number of quaternary nitrogens is 2. The van der Waals surface area contributed by atoms with Crippen LogP contribution in [0.1, 0.15) is 56.9 Å². The van der Waals surface area contributed by atoms with E-state index in [0.717, 1.165) is 18.8 Å². The lowest BCUT2D eigenvalue weighted by atomic mass is 10.1. The molecule has 0 aromatic carbocycles. The van der Waals surface area contributed by atoms with Gasteiger partial charge in [-0.25, -0.2) is 4.68 Å². The third kappa shape index (κ3) is 3.22. The van der Waals surface area contributed by atoms with Crippen molar-refractivity contribution in [2.75, 3.05) is 32.7 Å². The Balaban J connectivity index is 1.69. The highest BCUT2D eigenvalue weighted by atomic mass is 15.6. The maximum absolute atomic E-state index is 4.42. The first-order valence-corrected chi connectivity index (χ1v) is 8.90. The molecule has 2 heterocycles. The van der Waals surface area contributed by atoms with Gasteiger partial charge in [0, 0.05) is 6.42 Å². The van der Waals surface area contributed by atoms with E-state index in [0.29, 0.717) is 12.1 Å². The maximum atomic E-state index is 4.42. The number of piperazine rings is 1. The molecule has 0 amide bonds. The monoisotopic (exact) mass is 306 g/mol. The maximum Gasteiger partial charge on any atom is 0.209 e. The minimum absolute atomic E-state index is 0.445. The number of tetrazole rings is 1. The van der Waals surface area contributed by atoms with E-state index in [9.17, 15) is 0 Å². The van der Waals surface area contributed by atoms with Gasteiger partial charge in [-0.1, -0.05) is 26.3 Å². The zero-order valence-corrected chi connectivity index (χ0v) is 13.8. The summed E-state index contributed by atoms with van der Waals surface area (Å²) in [5.74, 6) is 1.12. The van der Waals surface area contributed by atoms with Crippen molar-refractivity contribution in [2.45, 2.75) is 51.1 Å². The molecular weight excluding hydrogens is 276 g/mol. The highest BCUT2D eigenvalue weighted by Crippen LogP contribution is 2.30. The fourth-order valence-electron chi connectivity index (χ4n) is 4.17. The Labute approximate surface area is 133 Å². The number of hydrogen-bond acceptors (Lipinski definition) is 3. The molecule has 1 saturated heterocycles. The van der Waals surface area contributed by atoms with E-state index in [1.54, 1.807) is 9.80 Å². The molecule has 0 spiro atoms. The van der Waals surface area contributed by atoms with E-state index in [-0.39, 0.29) is 0 Å². The quantitative estimate of drug-likeness (QED) is 0.677. The van der Waals surface area contributed by atoms with Crippen molar-refractivity contribution < 1.29 is 9.80 Å². The molecule has 6 heteroatoms. The van der Waals surface area contributed by atoms with Gasteiger partial charge >= 0.3 is 0 Å². The van der Waals surface area contributed by atoms with Crippen LogP contribution in [0.3, 0.4) is 0 Å². The molecule has 0 unspecified atom stereocenters. The average Bonchev–Trinajstić information content (AvgIpc) is 3.20. The first-order chi connectivity index (χ1) is 10.8. The first-order valence-electron chi connectivity index (χ1n) is 8.90. The molecule has 1 aromatic rings. The zero-order chi connectivity index (χ0) is 15.4. The highest BCUT2D eigenvalue weighted by Gasteiger charge is 2.34. The summed E-state index contributed by atoms with van der Waals surface area (Å²) in [5.41, 5.74) is 0. The Kier molecular flexibility index (Phi) is 5.20. The lowest BCUT2D eigenvalue weighted by Crippen LogP contribution is -3.28. The molecule has 122 valence electrons. The predicted molar refractivity (Wildman–Crippen MR) is 84.8 cm³/mol. The molecule has 22 heavy (non-hydrogen) atoms. The number of aromatic nitrogens is 4. The van der Waals surface area contributed by atoms with Crippen LogP contribution in [-0.2, 0) is 0 Å². The lowest BCUT2D eigenvalue weighted by Gasteiger charge is -2.33. The van der Waals surface area contributed by atoms with Crippen molar-refractivity contribution in [1.29, 1.82) is 0 Å². The van der Waals surface area contributed by atoms with Gasteiger partial charge in [0.1, 0.15) is 32.2 Å². The van der Waals surface area contributed by atoms with Gasteiger partial charge in [0.15, 0.2) is 0 Å². The molecule has 1 atom stereocenters. The van der Waals surface area contributed by atoms with Crippen LogP contribution >= 0.6 is 0 Å². The topological polar surface area (TPSA) is 52.5 Å². The Morgan fingerprint density at radius 1 is 1.27 bits per heavy atom. The van der Waals surface area contributed by atoms with E-state index >= 15 is 0 Å². The van der Waals surface area contributed by atoms with E-state index in [4.69, 9.17) is 0 Å². The molecule has 1 aromatic heterocycles. The van der Waals surface area contributed by atoms with Crippen LogP contribution in [0.4, 0.5) is 0 Å². The van der Waals surface area contributed by atoms with Gasteiger partial charge in [0.25, 0.3) is 0 Å². The average molecular weight is 306 g/mol. The standard InChI is InChI=1S/C16H28N6/c1-3-9-20-10-12-21(13-11-20)15(4-2)16-17-18-19-22(16)14-7-5-6-8-14/h3,14-15H,1,4-13H2,2H3/p+2/t15-/m0/s1. The second-order valence-corrected chi connectivity index (χ2v) is 6.78. The van der Waals surface area contributed by atoms with E-state index in [1.807, 2.05) is 6.08 Å². The van der Waals surface area contributed by atoms with Crippen LogP contribution in [0.2, 0.25) is 0 Å². The highest BCUT2D eigenvalue weighted by molar-refractivity contribution is 4.91. The summed E-state index contributed by atoms with van der Waals surface area (Å²) in [6.45, 7) is 12.1. The van der Waals surface area contributed by atoms with Gasteiger partial charge in [-0.2, -0.15) is 0 Å². The number of rotatable bonds is 6. The van der Waals surface area contributed by atoms with Gasteiger partial charge in [-0.05, 0) is 29.3 Å².